The van der Waals surface area contributed by atoms with Crippen molar-refractivity contribution in [2.75, 3.05) is 5.73 Å². The van der Waals surface area contributed by atoms with E-state index in [1.54, 1.807) is 4.68 Å². The first-order valence-corrected chi connectivity index (χ1v) is 3.68. The van der Waals surface area contributed by atoms with Crippen molar-refractivity contribution in [1.82, 2.24) is 25.1 Å². The van der Waals surface area contributed by atoms with Crippen LogP contribution in [0.2, 0.25) is 0 Å². The summed E-state index contributed by atoms with van der Waals surface area (Å²) in [5.74, 6) is 0.245. The van der Waals surface area contributed by atoms with Gasteiger partial charge in [0, 0.05) is 0 Å². The van der Waals surface area contributed by atoms with Gasteiger partial charge in [0.1, 0.15) is 17.7 Å². The number of rotatable bonds is 2. The molecule has 7 nitrogen and oxygen atoms in total. The van der Waals surface area contributed by atoms with E-state index in [1.165, 1.54) is 6.33 Å². The summed E-state index contributed by atoms with van der Waals surface area (Å²) < 4.78 is 6.10. The maximum absolute atomic E-state index is 5.34. The normalized spacial score (nSPS) is 10.5. The van der Waals surface area contributed by atoms with Crippen LogP contribution in [0, 0.1) is 6.92 Å². The summed E-state index contributed by atoms with van der Waals surface area (Å²) in [6.45, 7) is 2.28. The number of anilines is 1. The molecular formula is C6H8N6O. The van der Waals surface area contributed by atoms with E-state index in [-0.39, 0.29) is 5.95 Å². The average Bonchev–Trinajstić information content (AvgIpc) is 2.64. The fourth-order valence-electron chi connectivity index (χ4n) is 0.932. The summed E-state index contributed by atoms with van der Waals surface area (Å²) in [5.41, 5.74) is 6.81. The Morgan fingerprint density at radius 2 is 2.38 bits per heavy atom. The standard InChI is InChI=1S/C6H8N6O/c1-4-5(11-13-10-4)2-12-3-8-6(7)9-12/h3H,2H2,1H3,(H2,7,9). The Bertz CT molecular complexity index is 405. The molecule has 0 radical (unpaired) electrons. The number of nitrogen functional groups attached to an aromatic ring is 1. The van der Waals surface area contributed by atoms with Crippen LogP contribution >= 0.6 is 0 Å². The summed E-state index contributed by atoms with van der Waals surface area (Å²) in [6.07, 6.45) is 1.53. The quantitative estimate of drug-likeness (QED) is 0.675. The van der Waals surface area contributed by atoms with Gasteiger partial charge in [-0.2, -0.15) is 0 Å². The zero-order valence-corrected chi connectivity index (χ0v) is 7.01. The van der Waals surface area contributed by atoms with Crippen LogP contribution in [0.3, 0.4) is 0 Å². The Labute approximate surface area is 73.5 Å². The first-order chi connectivity index (χ1) is 6.25. The molecule has 0 saturated carbocycles. The largest absolute Gasteiger partial charge is 0.367 e. The molecule has 2 N–H and O–H groups in total. The lowest BCUT2D eigenvalue weighted by Crippen LogP contribution is -2.02. The minimum Gasteiger partial charge on any atom is -0.367 e. The lowest BCUT2D eigenvalue weighted by Gasteiger charge is -1.94. The molecule has 0 fully saturated rings. The van der Waals surface area contributed by atoms with Gasteiger partial charge in [-0.25, -0.2) is 14.3 Å². The summed E-state index contributed by atoms with van der Waals surface area (Å²) in [4.78, 5) is 3.78. The Kier molecular flexibility index (Phi) is 1.69. The second kappa shape index (κ2) is 2.85. The fraction of sp³-hybridized carbons (Fsp3) is 0.333. The minimum absolute atomic E-state index is 0.245. The van der Waals surface area contributed by atoms with Crippen LogP contribution < -0.4 is 5.73 Å². The van der Waals surface area contributed by atoms with Crippen LogP contribution in [0.25, 0.3) is 0 Å². The molecule has 0 amide bonds. The average molecular weight is 180 g/mol. The Morgan fingerprint density at radius 3 is 2.92 bits per heavy atom. The molecule has 2 aromatic rings. The molecule has 7 heteroatoms. The SMILES string of the molecule is Cc1nonc1Cn1cnc(N)n1. The maximum Gasteiger partial charge on any atom is 0.239 e. The van der Waals surface area contributed by atoms with E-state index in [0.29, 0.717) is 6.54 Å². The highest BCUT2D eigenvalue weighted by Gasteiger charge is 2.06. The van der Waals surface area contributed by atoms with Crippen molar-refractivity contribution in [2.24, 2.45) is 0 Å². The first-order valence-electron chi connectivity index (χ1n) is 3.68. The van der Waals surface area contributed by atoms with E-state index in [9.17, 15) is 0 Å². The molecule has 0 aliphatic heterocycles. The van der Waals surface area contributed by atoms with Crippen LogP contribution in [0.1, 0.15) is 11.4 Å². The Hall–Kier alpha value is -1.92. The third-order valence-corrected chi connectivity index (χ3v) is 1.61. The van der Waals surface area contributed by atoms with Crippen LogP contribution in [0.5, 0.6) is 0 Å². The second-order valence-electron chi connectivity index (χ2n) is 2.60. The van der Waals surface area contributed by atoms with E-state index in [4.69, 9.17) is 5.73 Å². The molecule has 0 bridgehead atoms. The first kappa shape index (κ1) is 7.71. The van der Waals surface area contributed by atoms with Gasteiger partial charge in [0.2, 0.25) is 5.95 Å². The highest BCUT2D eigenvalue weighted by Crippen LogP contribution is 2.02. The van der Waals surface area contributed by atoms with Crippen molar-refractivity contribution < 1.29 is 4.63 Å². The van der Waals surface area contributed by atoms with Gasteiger partial charge in [-0.3, -0.25) is 0 Å². The van der Waals surface area contributed by atoms with Gasteiger partial charge in [-0.05, 0) is 6.92 Å². The van der Waals surface area contributed by atoms with Crippen LogP contribution in [0.4, 0.5) is 5.95 Å². The Morgan fingerprint density at radius 1 is 1.54 bits per heavy atom. The molecule has 0 aliphatic rings. The summed E-state index contributed by atoms with van der Waals surface area (Å²) in [7, 11) is 0. The molecule has 0 aromatic carbocycles. The molecule has 0 atom stereocenters. The van der Waals surface area contributed by atoms with Gasteiger partial charge < -0.3 is 5.73 Å². The molecular weight excluding hydrogens is 172 g/mol. The smallest absolute Gasteiger partial charge is 0.239 e. The van der Waals surface area contributed by atoms with Gasteiger partial charge in [0.25, 0.3) is 0 Å². The molecule has 2 aromatic heterocycles. The van der Waals surface area contributed by atoms with Crippen molar-refractivity contribution in [1.29, 1.82) is 0 Å². The van der Waals surface area contributed by atoms with Crippen molar-refractivity contribution in [2.45, 2.75) is 13.5 Å². The van der Waals surface area contributed by atoms with Crippen molar-refractivity contribution >= 4 is 5.95 Å². The van der Waals surface area contributed by atoms with Gasteiger partial charge in [0.15, 0.2) is 0 Å². The van der Waals surface area contributed by atoms with Crippen molar-refractivity contribution in [3.8, 4) is 0 Å². The van der Waals surface area contributed by atoms with E-state index < -0.39 is 0 Å². The Balaban J connectivity index is 2.19. The molecule has 0 unspecified atom stereocenters. The molecule has 0 spiro atoms. The number of hydrogen-bond acceptors (Lipinski definition) is 6. The van der Waals surface area contributed by atoms with Crippen LogP contribution in [-0.2, 0) is 6.54 Å². The number of nitrogens with two attached hydrogens (primary N) is 1. The molecule has 13 heavy (non-hydrogen) atoms. The molecule has 0 saturated heterocycles. The topological polar surface area (TPSA) is 95.7 Å². The van der Waals surface area contributed by atoms with Crippen LogP contribution in [0.15, 0.2) is 11.0 Å². The molecule has 0 aliphatic carbocycles. The van der Waals surface area contributed by atoms with E-state index in [0.717, 1.165) is 11.4 Å². The molecule has 68 valence electrons. The lowest BCUT2D eigenvalue weighted by molar-refractivity contribution is 0.300. The van der Waals surface area contributed by atoms with Gasteiger partial charge in [0.05, 0.1) is 6.54 Å². The van der Waals surface area contributed by atoms with E-state index >= 15 is 0 Å². The maximum atomic E-state index is 5.34. The summed E-state index contributed by atoms with van der Waals surface area (Å²) in [6, 6.07) is 0. The van der Waals surface area contributed by atoms with E-state index in [1.807, 2.05) is 6.92 Å². The number of nitrogens with zero attached hydrogens (tertiary/aromatic N) is 5. The van der Waals surface area contributed by atoms with Crippen molar-refractivity contribution in [3.63, 3.8) is 0 Å². The summed E-state index contributed by atoms with van der Waals surface area (Å²) in [5, 5.41) is 11.2. The zero-order valence-electron chi connectivity index (χ0n) is 7.01. The van der Waals surface area contributed by atoms with Crippen molar-refractivity contribution in [3.05, 3.63) is 17.7 Å². The van der Waals surface area contributed by atoms with Gasteiger partial charge >= 0.3 is 0 Å². The molecule has 2 rings (SSSR count). The lowest BCUT2D eigenvalue weighted by atomic mass is 10.3. The van der Waals surface area contributed by atoms with Crippen LogP contribution in [-0.4, -0.2) is 25.1 Å². The highest BCUT2D eigenvalue weighted by atomic mass is 16.6. The fourth-order valence-corrected chi connectivity index (χ4v) is 0.932. The van der Waals surface area contributed by atoms with E-state index in [2.05, 4.69) is 25.0 Å². The predicted molar refractivity (Wildman–Crippen MR) is 42.6 cm³/mol. The predicted octanol–water partition coefficient (Wildman–Crippen LogP) is -0.400. The second-order valence-corrected chi connectivity index (χ2v) is 2.60. The van der Waals surface area contributed by atoms with Gasteiger partial charge in [-0.1, -0.05) is 10.3 Å². The third-order valence-electron chi connectivity index (χ3n) is 1.61. The summed E-state index contributed by atoms with van der Waals surface area (Å²) >= 11 is 0. The number of aromatic nitrogens is 5. The zero-order chi connectivity index (χ0) is 9.26. The number of hydrogen-bond donors (Lipinski definition) is 1. The minimum atomic E-state index is 0.245. The van der Waals surface area contributed by atoms with Gasteiger partial charge in [-0.15, -0.1) is 5.10 Å². The monoisotopic (exact) mass is 180 g/mol. The number of aryl methyl sites for hydroxylation is 1. The third kappa shape index (κ3) is 1.48. The molecule has 2 heterocycles. The highest BCUT2D eigenvalue weighted by molar-refractivity contribution is 5.11.